The summed E-state index contributed by atoms with van der Waals surface area (Å²) < 4.78 is 69.1. The second-order valence-electron chi connectivity index (χ2n) is 11.5. The number of carbonyl (C=O) groups is 2. The smallest absolute Gasteiger partial charge is 0.747 e. The van der Waals surface area contributed by atoms with Gasteiger partial charge in [0.25, 0.3) is 0 Å². The maximum absolute atomic E-state index is 12.1. The third-order valence-electron chi connectivity index (χ3n) is 7.67. The standard InChI is InChI=1S/C20H38O7S.C12H25O3S.2Na.H2O/c1-5-9-11-16(7-3)14-26-19(21)13-18(28(23,24)25)20(22)27-15-17(8-4)12-10-6-2;1-2-3-4-5-6-7-8-9-10-11-12-15-16(13)14;;;/h16-18H,5-15H2,1-4H3,(H,23,24,25);2-12H2,1H3;;;1H2/q;-1;2*+1;. The second-order valence-corrected chi connectivity index (χ2v) is 13.7. The predicted octanol–water partition coefficient (Wildman–Crippen LogP) is 1.04. The van der Waals surface area contributed by atoms with Gasteiger partial charge in [-0.15, -0.1) is 0 Å². The fourth-order valence-corrected chi connectivity index (χ4v) is 5.43. The molecule has 0 rings (SSSR count). The van der Waals surface area contributed by atoms with Crippen molar-refractivity contribution >= 4 is 33.0 Å². The molecule has 0 amide bonds. The molecular formula is C32H65Na2O11S2+. The van der Waals surface area contributed by atoms with E-state index in [9.17, 15) is 31.0 Å². The molecule has 0 aliphatic rings. The Morgan fingerprint density at radius 1 is 0.660 bits per heavy atom. The fraction of sp³-hybridized carbons (Fsp3) is 0.938. The molecule has 0 saturated heterocycles. The van der Waals surface area contributed by atoms with E-state index < -0.39 is 44.7 Å². The molecule has 0 aromatic heterocycles. The Labute approximate surface area is 333 Å². The van der Waals surface area contributed by atoms with Gasteiger partial charge in [0, 0.05) is 6.61 Å². The van der Waals surface area contributed by atoms with Crippen LogP contribution in [0.2, 0.25) is 0 Å². The Hall–Kier alpha value is 0.720. The number of esters is 2. The molecule has 11 nitrogen and oxygen atoms in total. The SMILES string of the molecule is CCCCC(CC)COC(=O)CC(C(=O)OCC(CC)CCCC)S(=O)(=O)[O-].CCCCCCCCCCCCO[S-](=O)=O.[Na+].[Na+].[OH3+]. The van der Waals surface area contributed by atoms with Gasteiger partial charge in [0.15, 0.2) is 5.25 Å². The molecule has 0 fully saturated rings. The summed E-state index contributed by atoms with van der Waals surface area (Å²) in [6, 6.07) is 0. The Morgan fingerprint density at radius 3 is 1.45 bits per heavy atom. The minimum Gasteiger partial charge on any atom is -0.747 e. The van der Waals surface area contributed by atoms with E-state index in [4.69, 9.17) is 9.47 Å². The third kappa shape index (κ3) is 37.8. The van der Waals surface area contributed by atoms with Crippen molar-refractivity contribution in [2.45, 2.75) is 162 Å². The van der Waals surface area contributed by atoms with Crippen LogP contribution >= 0.6 is 0 Å². The van der Waals surface area contributed by atoms with Crippen molar-refractivity contribution in [3.8, 4) is 0 Å². The van der Waals surface area contributed by atoms with Gasteiger partial charge in [-0.2, -0.15) is 0 Å². The first-order valence-electron chi connectivity index (χ1n) is 17.0. The average Bonchev–Trinajstić information content (AvgIpc) is 2.98. The maximum Gasteiger partial charge on any atom is 1.00 e. The van der Waals surface area contributed by atoms with Crippen LogP contribution in [0.1, 0.15) is 157 Å². The molecular weight excluding hydrogens is 670 g/mol. The number of hydrogen-bond acceptors (Lipinski definition) is 11. The van der Waals surface area contributed by atoms with Crippen LogP contribution in [0.15, 0.2) is 0 Å². The number of hydrogen-bond donors (Lipinski definition) is 0. The van der Waals surface area contributed by atoms with Crippen LogP contribution in [-0.4, -0.2) is 50.0 Å². The Kier molecular flexibility index (Phi) is 48.0. The molecule has 3 atom stereocenters. The molecule has 47 heavy (non-hydrogen) atoms. The van der Waals surface area contributed by atoms with Crippen molar-refractivity contribution in [2.75, 3.05) is 19.8 Å². The first kappa shape index (κ1) is 57.1. The number of unbranched alkanes of at least 4 members (excludes halogenated alkanes) is 11. The topological polar surface area (TPSA) is 186 Å². The number of ether oxygens (including phenoxy) is 2. The summed E-state index contributed by atoms with van der Waals surface area (Å²) in [7, 11) is -7.34. The van der Waals surface area contributed by atoms with Gasteiger partial charge in [0.1, 0.15) is 10.1 Å². The molecule has 3 unspecified atom stereocenters. The van der Waals surface area contributed by atoms with E-state index in [-0.39, 0.29) is 89.6 Å². The van der Waals surface area contributed by atoms with E-state index in [2.05, 4.69) is 25.0 Å². The quantitative estimate of drug-likeness (QED) is 0.0281. The molecule has 0 heterocycles. The molecule has 0 spiro atoms. The van der Waals surface area contributed by atoms with Gasteiger partial charge in [0.2, 0.25) is 0 Å². The monoisotopic (exact) mass is 735 g/mol. The van der Waals surface area contributed by atoms with E-state index in [0.717, 1.165) is 64.2 Å². The summed E-state index contributed by atoms with van der Waals surface area (Å²) in [5.74, 6) is -1.74. The zero-order chi connectivity index (χ0) is 33.6. The third-order valence-corrected chi connectivity index (χ3v) is 9.08. The van der Waals surface area contributed by atoms with Gasteiger partial charge in [-0.05, 0) is 31.1 Å². The summed E-state index contributed by atoms with van der Waals surface area (Å²) in [4.78, 5) is 24.1. The molecule has 3 N–H and O–H groups in total. The predicted molar refractivity (Wildman–Crippen MR) is 178 cm³/mol. The Morgan fingerprint density at radius 2 is 1.06 bits per heavy atom. The summed E-state index contributed by atoms with van der Waals surface area (Å²) in [6.45, 7) is 10.8. The van der Waals surface area contributed by atoms with Gasteiger partial charge in [-0.25, -0.2) is 8.42 Å². The van der Waals surface area contributed by atoms with Crippen LogP contribution in [0.3, 0.4) is 0 Å². The van der Waals surface area contributed by atoms with Crippen molar-refractivity contribution in [2.24, 2.45) is 11.8 Å². The normalized spacial score (nSPS) is 12.7. The second kappa shape index (κ2) is 39.5. The molecule has 0 aliphatic carbocycles. The first-order chi connectivity index (χ1) is 21.0. The maximum atomic E-state index is 12.1. The summed E-state index contributed by atoms with van der Waals surface area (Å²) >= 11 is 0. The van der Waals surface area contributed by atoms with Crippen LogP contribution in [0.4, 0.5) is 0 Å². The van der Waals surface area contributed by atoms with Gasteiger partial charge in [-0.3, -0.25) is 9.59 Å². The minimum atomic E-state index is -5.01. The summed E-state index contributed by atoms with van der Waals surface area (Å²) in [6.07, 6.45) is 19.1. The molecule has 15 heteroatoms. The van der Waals surface area contributed by atoms with Gasteiger partial charge >= 0.3 is 71.1 Å². The van der Waals surface area contributed by atoms with Crippen molar-refractivity contribution in [3.63, 3.8) is 0 Å². The number of rotatable bonds is 28. The van der Waals surface area contributed by atoms with E-state index in [1.807, 2.05) is 13.8 Å². The molecule has 0 radical (unpaired) electrons. The Bertz CT molecular complexity index is 880. The van der Waals surface area contributed by atoms with Crippen molar-refractivity contribution in [1.29, 1.82) is 0 Å². The molecule has 272 valence electrons. The van der Waals surface area contributed by atoms with E-state index in [1.165, 1.54) is 51.4 Å². The van der Waals surface area contributed by atoms with Gasteiger partial charge < -0.3 is 32.1 Å². The van der Waals surface area contributed by atoms with Crippen LogP contribution in [0.25, 0.3) is 0 Å². The van der Waals surface area contributed by atoms with Crippen molar-refractivity contribution in [1.82, 2.24) is 0 Å². The molecule has 0 saturated carbocycles. The largest absolute Gasteiger partial charge is 1.00 e. The molecule has 0 aromatic rings. The van der Waals surface area contributed by atoms with E-state index >= 15 is 0 Å². The minimum absolute atomic E-state index is 0. The van der Waals surface area contributed by atoms with Crippen LogP contribution in [0, 0.1) is 11.8 Å². The van der Waals surface area contributed by atoms with Crippen LogP contribution in [-0.2, 0) is 58.2 Å². The first-order valence-corrected chi connectivity index (χ1v) is 19.4. The zero-order valence-corrected chi connectivity index (χ0v) is 36.4. The molecule has 0 aromatic carbocycles. The van der Waals surface area contributed by atoms with Gasteiger partial charge in [-0.1, -0.05) is 131 Å². The van der Waals surface area contributed by atoms with Crippen molar-refractivity contribution in [3.05, 3.63) is 0 Å². The summed E-state index contributed by atoms with van der Waals surface area (Å²) in [5.41, 5.74) is 0. The van der Waals surface area contributed by atoms with Crippen LogP contribution in [0.5, 0.6) is 0 Å². The number of carbonyl (C=O) groups excluding carboxylic acids is 2. The Balaban J connectivity index is -0.000000267. The molecule has 0 bridgehead atoms. The zero-order valence-electron chi connectivity index (χ0n) is 30.8. The average molecular weight is 736 g/mol. The van der Waals surface area contributed by atoms with Gasteiger partial charge in [0.05, 0.1) is 30.6 Å². The summed E-state index contributed by atoms with van der Waals surface area (Å²) in [5, 5.41) is -2.06. The van der Waals surface area contributed by atoms with E-state index in [0.29, 0.717) is 6.61 Å². The molecule has 0 aliphatic heterocycles. The van der Waals surface area contributed by atoms with Crippen molar-refractivity contribution < 1.29 is 109 Å². The van der Waals surface area contributed by atoms with Crippen LogP contribution < -0.4 is 59.1 Å². The fourth-order valence-electron chi connectivity index (χ4n) is 4.53. The van der Waals surface area contributed by atoms with E-state index in [1.54, 1.807) is 0 Å².